The van der Waals surface area contributed by atoms with Gasteiger partial charge in [-0.25, -0.2) is 0 Å². The van der Waals surface area contributed by atoms with Crippen LogP contribution in [-0.4, -0.2) is 21.1 Å². The van der Waals surface area contributed by atoms with Crippen molar-refractivity contribution < 1.29 is 20.1 Å². The van der Waals surface area contributed by atoms with E-state index >= 15 is 0 Å². The van der Waals surface area contributed by atoms with Crippen LogP contribution in [0.1, 0.15) is 15.9 Å². The maximum atomic E-state index is 11.8. The second kappa shape index (κ2) is 5.27. The molecule has 0 aliphatic carbocycles. The number of hydrogen-bond donors (Lipinski definition) is 3. The van der Waals surface area contributed by atoms with Gasteiger partial charge in [-0.05, 0) is 36.4 Å². The number of ketones is 1. The molecular formula is C15H12O4. The first-order chi connectivity index (χ1) is 9.08. The van der Waals surface area contributed by atoms with E-state index in [0.717, 1.165) is 0 Å². The summed E-state index contributed by atoms with van der Waals surface area (Å²) in [5.41, 5.74) is 0.779. The van der Waals surface area contributed by atoms with Crippen molar-refractivity contribution in [1.82, 2.24) is 0 Å². The molecule has 4 nitrogen and oxygen atoms in total. The zero-order chi connectivity index (χ0) is 13.8. The Hall–Kier alpha value is -2.75. The average molecular weight is 256 g/mol. The van der Waals surface area contributed by atoms with Gasteiger partial charge in [-0.1, -0.05) is 18.2 Å². The Labute approximate surface area is 109 Å². The molecule has 3 N–H and O–H groups in total. The van der Waals surface area contributed by atoms with Gasteiger partial charge in [-0.2, -0.15) is 0 Å². The van der Waals surface area contributed by atoms with Crippen molar-refractivity contribution in [2.45, 2.75) is 0 Å². The molecule has 2 rings (SSSR count). The maximum Gasteiger partial charge on any atom is 0.185 e. The fourth-order valence-electron chi connectivity index (χ4n) is 1.57. The molecule has 19 heavy (non-hydrogen) atoms. The number of benzene rings is 2. The molecule has 2 aromatic rings. The minimum atomic E-state index is -0.346. The molecule has 0 amide bonds. The molecule has 4 heteroatoms. The average Bonchev–Trinajstić information content (AvgIpc) is 2.40. The predicted molar refractivity (Wildman–Crippen MR) is 71.2 cm³/mol. The second-order valence-corrected chi connectivity index (χ2v) is 3.96. The summed E-state index contributed by atoms with van der Waals surface area (Å²) >= 11 is 0. The highest BCUT2D eigenvalue weighted by atomic mass is 16.3. The molecule has 0 spiro atoms. The highest BCUT2D eigenvalue weighted by Crippen LogP contribution is 2.25. The minimum absolute atomic E-state index is 0.0834. The van der Waals surface area contributed by atoms with Gasteiger partial charge in [0.25, 0.3) is 0 Å². The topological polar surface area (TPSA) is 77.8 Å². The fraction of sp³-hybridized carbons (Fsp3) is 0. The number of allylic oxidation sites excluding steroid dienone is 1. The number of aromatic hydroxyl groups is 3. The van der Waals surface area contributed by atoms with Gasteiger partial charge >= 0.3 is 0 Å². The Morgan fingerprint density at radius 1 is 0.895 bits per heavy atom. The summed E-state index contributed by atoms with van der Waals surface area (Å²) in [5, 5.41) is 28.0. The molecule has 0 atom stereocenters. The smallest absolute Gasteiger partial charge is 0.185 e. The molecule has 0 aliphatic heterocycles. The molecule has 0 bridgehead atoms. The van der Waals surface area contributed by atoms with Gasteiger partial charge < -0.3 is 15.3 Å². The SMILES string of the molecule is O=C(/C=C/c1ccccc1O)c1ccc(O)c(O)c1. The molecular weight excluding hydrogens is 244 g/mol. The zero-order valence-corrected chi connectivity index (χ0v) is 9.95. The van der Waals surface area contributed by atoms with E-state index in [1.807, 2.05) is 0 Å². The van der Waals surface area contributed by atoms with Gasteiger partial charge in [0.05, 0.1) is 0 Å². The standard InChI is InChI=1S/C15H12O4/c16-12-4-2-1-3-10(12)5-7-13(17)11-6-8-14(18)15(19)9-11/h1-9,16,18-19H/b7-5+. The molecule has 0 heterocycles. The Morgan fingerprint density at radius 2 is 1.63 bits per heavy atom. The van der Waals surface area contributed by atoms with E-state index in [-0.39, 0.29) is 28.6 Å². The largest absolute Gasteiger partial charge is 0.507 e. The lowest BCUT2D eigenvalue weighted by atomic mass is 10.1. The highest BCUT2D eigenvalue weighted by Gasteiger charge is 2.06. The Morgan fingerprint density at radius 3 is 2.32 bits per heavy atom. The summed E-state index contributed by atoms with van der Waals surface area (Å²) in [6.07, 6.45) is 2.78. The van der Waals surface area contributed by atoms with Crippen molar-refractivity contribution in [2.24, 2.45) is 0 Å². The normalized spacial score (nSPS) is 10.7. The molecule has 0 aliphatic rings. The van der Waals surface area contributed by atoms with Gasteiger partial charge in [-0.3, -0.25) is 4.79 Å². The molecule has 2 aromatic carbocycles. The molecule has 0 saturated heterocycles. The second-order valence-electron chi connectivity index (χ2n) is 3.96. The summed E-state index contributed by atoms with van der Waals surface area (Å²) in [4.78, 5) is 11.8. The van der Waals surface area contributed by atoms with E-state index in [2.05, 4.69) is 0 Å². The summed E-state index contributed by atoms with van der Waals surface area (Å²) in [6.45, 7) is 0. The third-order valence-electron chi connectivity index (χ3n) is 2.61. The number of phenolic OH excluding ortho intramolecular Hbond substituents is 3. The van der Waals surface area contributed by atoms with Gasteiger partial charge in [-0.15, -0.1) is 0 Å². The van der Waals surface area contributed by atoms with Crippen molar-refractivity contribution >= 4 is 11.9 Å². The van der Waals surface area contributed by atoms with Gasteiger partial charge in [0, 0.05) is 11.1 Å². The Balaban J connectivity index is 2.21. The molecule has 0 unspecified atom stereocenters. The monoisotopic (exact) mass is 256 g/mol. The number of carbonyl (C=O) groups is 1. The number of para-hydroxylation sites is 1. The van der Waals surface area contributed by atoms with Crippen LogP contribution in [0.4, 0.5) is 0 Å². The lowest BCUT2D eigenvalue weighted by Gasteiger charge is -2.00. The van der Waals surface area contributed by atoms with Crippen LogP contribution in [0, 0.1) is 0 Å². The van der Waals surface area contributed by atoms with Crippen molar-refractivity contribution in [1.29, 1.82) is 0 Å². The van der Waals surface area contributed by atoms with Crippen molar-refractivity contribution in [3.63, 3.8) is 0 Å². The number of phenols is 3. The van der Waals surface area contributed by atoms with Crippen LogP contribution < -0.4 is 0 Å². The van der Waals surface area contributed by atoms with Crippen LogP contribution >= 0.6 is 0 Å². The number of hydrogen-bond acceptors (Lipinski definition) is 4. The Kier molecular flexibility index (Phi) is 3.52. The summed E-state index contributed by atoms with van der Waals surface area (Å²) in [6, 6.07) is 10.5. The summed E-state index contributed by atoms with van der Waals surface area (Å²) in [5.74, 6) is -0.873. The van der Waals surface area contributed by atoms with Crippen LogP contribution in [0.15, 0.2) is 48.5 Å². The molecule has 0 saturated carbocycles. The van der Waals surface area contributed by atoms with Crippen LogP contribution in [-0.2, 0) is 0 Å². The van der Waals surface area contributed by atoms with Crippen LogP contribution in [0.2, 0.25) is 0 Å². The van der Waals surface area contributed by atoms with Crippen LogP contribution in [0.3, 0.4) is 0 Å². The van der Waals surface area contributed by atoms with Crippen molar-refractivity contribution in [3.05, 3.63) is 59.7 Å². The minimum Gasteiger partial charge on any atom is -0.507 e. The Bertz CT molecular complexity index is 644. The van der Waals surface area contributed by atoms with Gasteiger partial charge in [0.1, 0.15) is 5.75 Å². The zero-order valence-electron chi connectivity index (χ0n) is 9.95. The summed E-state index contributed by atoms with van der Waals surface area (Å²) < 4.78 is 0. The first-order valence-corrected chi connectivity index (χ1v) is 5.60. The number of carbonyl (C=O) groups excluding carboxylic acids is 1. The summed E-state index contributed by atoms with van der Waals surface area (Å²) in [7, 11) is 0. The van der Waals surface area contributed by atoms with E-state index in [9.17, 15) is 15.0 Å². The fourth-order valence-corrected chi connectivity index (χ4v) is 1.57. The first-order valence-electron chi connectivity index (χ1n) is 5.60. The van der Waals surface area contributed by atoms with E-state index in [4.69, 9.17) is 5.11 Å². The van der Waals surface area contributed by atoms with Gasteiger partial charge in [0.15, 0.2) is 17.3 Å². The molecule has 0 radical (unpaired) electrons. The van der Waals surface area contributed by atoms with E-state index in [0.29, 0.717) is 5.56 Å². The number of rotatable bonds is 3. The maximum absolute atomic E-state index is 11.8. The molecule has 0 fully saturated rings. The van der Waals surface area contributed by atoms with Crippen LogP contribution in [0.5, 0.6) is 17.2 Å². The lowest BCUT2D eigenvalue weighted by molar-refractivity contribution is 0.104. The van der Waals surface area contributed by atoms with Crippen molar-refractivity contribution in [2.75, 3.05) is 0 Å². The van der Waals surface area contributed by atoms with Crippen LogP contribution in [0.25, 0.3) is 6.08 Å². The van der Waals surface area contributed by atoms with Gasteiger partial charge in [0.2, 0.25) is 0 Å². The quantitative estimate of drug-likeness (QED) is 0.448. The van der Waals surface area contributed by atoms with Crippen molar-refractivity contribution in [3.8, 4) is 17.2 Å². The third-order valence-corrected chi connectivity index (χ3v) is 2.61. The lowest BCUT2D eigenvalue weighted by Crippen LogP contribution is -1.93. The molecule has 96 valence electrons. The molecule has 0 aromatic heterocycles. The van der Waals surface area contributed by atoms with E-state index < -0.39 is 0 Å². The highest BCUT2D eigenvalue weighted by molar-refractivity contribution is 6.07. The van der Waals surface area contributed by atoms with E-state index in [1.54, 1.807) is 18.2 Å². The van der Waals surface area contributed by atoms with E-state index in [1.165, 1.54) is 36.4 Å². The predicted octanol–water partition coefficient (Wildman–Crippen LogP) is 2.70. The third kappa shape index (κ3) is 2.93. The first kappa shape index (κ1) is 12.7.